The van der Waals surface area contributed by atoms with Crippen molar-refractivity contribution in [2.24, 2.45) is 0 Å². The summed E-state index contributed by atoms with van der Waals surface area (Å²) in [5.41, 5.74) is 8.60. The molecule has 6 heteroatoms. The normalized spacial score (nSPS) is 12.8. The molecular weight excluding hydrogens is 236 g/mol. The predicted molar refractivity (Wildman–Crippen MR) is 72.3 cm³/mol. The SMILES string of the molecule is CCSCC(C)Nc1ccc(N)c2nonc12. The maximum atomic E-state index is 5.79. The quantitative estimate of drug-likeness (QED) is 0.795. The Balaban J connectivity index is 2.18. The zero-order chi connectivity index (χ0) is 12.3. The van der Waals surface area contributed by atoms with Crippen molar-refractivity contribution >= 4 is 34.2 Å². The van der Waals surface area contributed by atoms with Crippen molar-refractivity contribution in [1.82, 2.24) is 10.3 Å². The van der Waals surface area contributed by atoms with Crippen LogP contribution in [0.3, 0.4) is 0 Å². The number of nitrogens with two attached hydrogens (primary N) is 1. The number of aromatic nitrogens is 2. The standard InChI is InChI=1S/C11H16N4OS/c1-3-17-6-7(2)13-9-5-4-8(12)10-11(9)15-16-14-10/h4-5,7,13H,3,6,12H2,1-2H3. The zero-order valence-electron chi connectivity index (χ0n) is 9.93. The minimum Gasteiger partial charge on any atom is -0.397 e. The summed E-state index contributed by atoms with van der Waals surface area (Å²) in [4.78, 5) is 0. The fourth-order valence-electron chi connectivity index (χ4n) is 1.60. The molecule has 0 saturated carbocycles. The maximum absolute atomic E-state index is 5.79. The Bertz CT molecular complexity index is 499. The molecule has 1 heterocycles. The van der Waals surface area contributed by atoms with Gasteiger partial charge in [0.1, 0.15) is 0 Å². The number of fused-ring (bicyclic) bond motifs is 1. The van der Waals surface area contributed by atoms with E-state index >= 15 is 0 Å². The summed E-state index contributed by atoms with van der Waals surface area (Å²) >= 11 is 1.90. The summed E-state index contributed by atoms with van der Waals surface area (Å²) in [5.74, 6) is 2.17. The molecule has 17 heavy (non-hydrogen) atoms. The number of nitrogen functional groups attached to an aromatic ring is 1. The minimum absolute atomic E-state index is 0.364. The Morgan fingerprint density at radius 3 is 2.94 bits per heavy atom. The molecular formula is C11H16N4OS. The summed E-state index contributed by atoms with van der Waals surface area (Å²) in [6.07, 6.45) is 0. The number of hydrogen-bond donors (Lipinski definition) is 2. The number of anilines is 2. The van der Waals surface area contributed by atoms with Crippen molar-refractivity contribution in [2.45, 2.75) is 19.9 Å². The van der Waals surface area contributed by atoms with Gasteiger partial charge in [-0.25, -0.2) is 4.63 Å². The highest BCUT2D eigenvalue weighted by Gasteiger charge is 2.11. The lowest BCUT2D eigenvalue weighted by Gasteiger charge is -2.14. The van der Waals surface area contributed by atoms with E-state index in [0.717, 1.165) is 17.2 Å². The van der Waals surface area contributed by atoms with E-state index in [-0.39, 0.29) is 0 Å². The van der Waals surface area contributed by atoms with Crippen LogP contribution in [0.1, 0.15) is 13.8 Å². The molecule has 1 aromatic carbocycles. The van der Waals surface area contributed by atoms with Crippen LogP contribution >= 0.6 is 11.8 Å². The summed E-state index contributed by atoms with van der Waals surface area (Å²) in [5, 5.41) is 11.1. The third-order valence-corrected chi connectivity index (χ3v) is 3.56. The summed E-state index contributed by atoms with van der Waals surface area (Å²) in [6, 6.07) is 4.09. The number of nitrogens with zero attached hydrogens (tertiary/aromatic N) is 2. The fraction of sp³-hybridized carbons (Fsp3) is 0.455. The number of benzene rings is 1. The van der Waals surface area contributed by atoms with Gasteiger partial charge >= 0.3 is 0 Å². The molecule has 1 aromatic heterocycles. The lowest BCUT2D eigenvalue weighted by Crippen LogP contribution is -2.18. The van der Waals surface area contributed by atoms with Crippen LogP contribution in [0.4, 0.5) is 11.4 Å². The highest BCUT2D eigenvalue weighted by molar-refractivity contribution is 7.99. The van der Waals surface area contributed by atoms with Gasteiger partial charge < -0.3 is 11.1 Å². The Kier molecular flexibility index (Phi) is 3.73. The van der Waals surface area contributed by atoms with E-state index in [9.17, 15) is 0 Å². The molecule has 0 bridgehead atoms. The molecule has 0 spiro atoms. The van der Waals surface area contributed by atoms with E-state index in [0.29, 0.717) is 22.8 Å². The zero-order valence-corrected chi connectivity index (χ0v) is 10.8. The van der Waals surface area contributed by atoms with Crippen LogP contribution in [0, 0.1) is 0 Å². The second-order valence-corrected chi connectivity index (χ2v) is 5.19. The second kappa shape index (κ2) is 5.27. The Morgan fingerprint density at radius 2 is 2.18 bits per heavy atom. The molecule has 3 N–H and O–H groups in total. The van der Waals surface area contributed by atoms with Gasteiger partial charge in [0.2, 0.25) is 0 Å². The van der Waals surface area contributed by atoms with Gasteiger partial charge in [0.15, 0.2) is 11.0 Å². The lowest BCUT2D eigenvalue weighted by molar-refractivity contribution is 0.315. The van der Waals surface area contributed by atoms with E-state index in [1.807, 2.05) is 23.9 Å². The van der Waals surface area contributed by atoms with Gasteiger partial charge in [-0.1, -0.05) is 6.92 Å². The van der Waals surface area contributed by atoms with Gasteiger partial charge in [0.25, 0.3) is 0 Å². The Labute approximate surface area is 104 Å². The molecule has 0 amide bonds. The second-order valence-electron chi connectivity index (χ2n) is 3.87. The number of nitrogens with one attached hydrogen (secondary N) is 1. The van der Waals surface area contributed by atoms with Crippen molar-refractivity contribution < 1.29 is 4.63 Å². The van der Waals surface area contributed by atoms with E-state index < -0.39 is 0 Å². The first-order valence-corrected chi connectivity index (χ1v) is 6.73. The molecule has 0 aliphatic carbocycles. The van der Waals surface area contributed by atoms with E-state index in [1.54, 1.807) is 0 Å². The van der Waals surface area contributed by atoms with Gasteiger partial charge in [0.05, 0.1) is 11.4 Å². The molecule has 2 aromatic rings. The largest absolute Gasteiger partial charge is 0.397 e. The molecule has 2 rings (SSSR count). The lowest BCUT2D eigenvalue weighted by atomic mass is 10.2. The smallest absolute Gasteiger partial charge is 0.160 e. The van der Waals surface area contributed by atoms with Crippen LogP contribution in [0.15, 0.2) is 16.8 Å². The molecule has 1 atom stereocenters. The van der Waals surface area contributed by atoms with E-state index in [1.165, 1.54) is 0 Å². The van der Waals surface area contributed by atoms with Gasteiger partial charge in [-0.05, 0) is 35.1 Å². The number of hydrogen-bond acceptors (Lipinski definition) is 6. The third kappa shape index (κ3) is 2.63. The Morgan fingerprint density at radius 1 is 1.41 bits per heavy atom. The first kappa shape index (κ1) is 12.0. The van der Waals surface area contributed by atoms with Crippen LogP contribution < -0.4 is 11.1 Å². The van der Waals surface area contributed by atoms with E-state index in [2.05, 4.69) is 29.5 Å². The molecule has 0 saturated heterocycles. The average Bonchev–Trinajstić information content (AvgIpc) is 2.80. The van der Waals surface area contributed by atoms with Crippen molar-refractivity contribution in [1.29, 1.82) is 0 Å². The van der Waals surface area contributed by atoms with Crippen molar-refractivity contribution in [2.75, 3.05) is 22.6 Å². The van der Waals surface area contributed by atoms with Gasteiger partial charge in [0, 0.05) is 11.8 Å². The Hall–Kier alpha value is -1.43. The summed E-state index contributed by atoms with van der Waals surface area (Å²) in [6.45, 7) is 4.29. The van der Waals surface area contributed by atoms with Crippen LogP contribution in [-0.2, 0) is 0 Å². The first-order chi connectivity index (χ1) is 8.22. The molecule has 0 fully saturated rings. The molecule has 0 aliphatic heterocycles. The van der Waals surface area contributed by atoms with E-state index in [4.69, 9.17) is 10.4 Å². The first-order valence-electron chi connectivity index (χ1n) is 5.57. The molecule has 1 unspecified atom stereocenters. The van der Waals surface area contributed by atoms with Gasteiger partial charge in [-0.15, -0.1) is 0 Å². The minimum atomic E-state index is 0.364. The summed E-state index contributed by atoms with van der Waals surface area (Å²) in [7, 11) is 0. The maximum Gasteiger partial charge on any atom is 0.160 e. The number of thioether (sulfide) groups is 1. The van der Waals surface area contributed by atoms with Gasteiger partial charge in [-0.2, -0.15) is 11.8 Å². The molecule has 0 radical (unpaired) electrons. The highest BCUT2D eigenvalue weighted by Crippen LogP contribution is 2.25. The van der Waals surface area contributed by atoms with Crippen molar-refractivity contribution in [3.63, 3.8) is 0 Å². The van der Waals surface area contributed by atoms with Crippen LogP contribution in [0.2, 0.25) is 0 Å². The number of rotatable bonds is 5. The molecule has 92 valence electrons. The van der Waals surface area contributed by atoms with Crippen LogP contribution in [0.25, 0.3) is 11.0 Å². The average molecular weight is 252 g/mol. The predicted octanol–water partition coefficient (Wildman–Crippen LogP) is 2.36. The molecule has 0 aliphatic rings. The monoisotopic (exact) mass is 252 g/mol. The summed E-state index contributed by atoms with van der Waals surface area (Å²) < 4.78 is 4.72. The fourth-order valence-corrected chi connectivity index (χ4v) is 2.28. The highest BCUT2D eigenvalue weighted by atomic mass is 32.2. The van der Waals surface area contributed by atoms with Gasteiger partial charge in [-0.3, -0.25) is 0 Å². The van der Waals surface area contributed by atoms with Crippen LogP contribution in [-0.4, -0.2) is 27.9 Å². The van der Waals surface area contributed by atoms with Crippen molar-refractivity contribution in [3.05, 3.63) is 12.1 Å². The van der Waals surface area contributed by atoms with Crippen LogP contribution in [0.5, 0.6) is 0 Å². The van der Waals surface area contributed by atoms with Crippen molar-refractivity contribution in [3.8, 4) is 0 Å². The third-order valence-electron chi connectivity index (χ3n) is 2.42. The molecule has 5 nitrogen and oxygen atoms in total. The topological polar surface area (TPSA) is 77.0 Å².